The molecular weight excluding hydrogens is 446 g/mol. The second kappa shape index (κ2) is 9.46. The number of likely N-dealkylation sites (tertiary alicyclic amines) is 2. The van der Waals surface area contributed by atoms with E-state index in [1.54, 1.807) is 24.3 Å². The van der Waals surface area contributed by atoms with Gasteiger partial charge in [0.2, 0.25) is 0 Å². The second-order valence-corrected chi connectivity index (χ2v) is 9.56. The van der Waals surface area contributed by atoms with Gasteiger partial charge in [0.05, 0.1) is 11.6 Å². The van der Waals surface area contributed by atoms with Crippen LogP contribution >= 0.6 is 11.6 Å². The van der Waals surface area contributed by atoms with E-state index in [2.05, 4.69) is 33.4 Å². The van der Waals surface area contributed by atoms with Crippen molar-refractivity contribution in [3.8, 4) is 6.07 Å². The fraction of sp³-hybridized carbons (Fsp3) is 0.296. The highest BCUT2D eigenvalue weighted by Crippen LogP contribution is 2.55. The van der Waals surface area contributed by atoms with Crippen LogP contribution in [-0.2, 0) is 6.54 Å². The minimum absolute atomic E-state index is 0.113. The number of pyridine rings is 1. The Kier molecular flexibility index (Phi) is 6.23. The van der Waals surface area contributed by atoms with Crippen LogP contribution < -0.4 is 5.32 Å². The molecule has 1 unspecified atom stereocenters. The first-order chi connectivity index (χ1) is 16.6. The first-order valence-electron chi connectivity index (χ1n) is 11.5. The summed E-state index contributed by atoms with van der Waals surface area (Å²) in [5, 5.41) is 12.8. The first kappa shape index (κ1) is 22.4. The predicted octanol–water partition coefficient (Wildman–Crippen LogP) is 5.48. The lowest BCUT2D eigenvalue weighted by atomic mass is 9.63. The fourth-order valence-electron chi connectivity index (χ4n) is 5.41. The van der Waals surface area contributed by atoms with E-state index in [1.807, 2.05) is 41.6 Å². The molecule has 0 radical (unpaired) electrons. The highest BCUT2D eigenvalue weighted by molar-refractivity contribution is 6.31. The van der Waals surface area contributed by atoms with Crippen molar-refractivity contribution < 1.29 is 4.79 Å². The molecule has 0 saturated carbocycles. The van der Waals surface area contributed by atoms with Crippen LogP contribution in [0.3, 0.4) is 0 Å². The maximum absolute atomic E-state index is 12.9. The van der Waals surface area contributed by atoms with Crippen molar-refractivity contribution in [1.29, 1.82) is 5.26 Å². The Bertz CT molecular complexity index is 1220. The van der Waals surface area contributed by atoms with Gasteiger partial charge in [-0.05, 0) is 54.3 Å². The van der Waals surface area contributed by atoms with Crippen molar-refractivity contribution in [2.75, 3.05) is 25.0 Å². The monoisotopic (exact) mass is 471 g/mol. The summed E-state index contributed by atoms with van der Waals surface area (Å²) >= 11 is 6.45. The third-order valence-electron chi connectivity index (χ3n) is 7.08. The van der Waals surface area contributed by atoms with Gasteiger partial charge in [0, 0.05) is 60.7 Å². The summed E-state index contributed by atoms with van der Waals surface area (Å²) in [4.78, 5) is 21.6. The van der Waals surface area contributed by atoms with E-state index in [9.17, 15) is 4.79 Å². The summed E-state index contributed by atoms with van der Waals surface area (Å²) in [6, 6.07) is 21.4. The highest BCUT2D eigenvalue weighted by atomic mass is 35.5. The molecule has 1 spiro atoms. The van der Waals surface area contributed by atoms with Gasteiger partial charge in [-0.1, -0.05) is 41.9 Å². The van der Waals surface area contributed by atoms with Crippen molar-refractivity contribution in [2.24, 2.45) is 5.41 Å². The summed E-state index contributed by atoms with van der Waals surface area (Å²) in [5.41, 5.74) is 3.63. The van der Waals surface area contributed by atoms with E-state index in [-0.39, 0.29) is 17.5 Å². The number of hydrogen-bond acceptors (Lipinski definition) is 4. The van der Waals surface area contributed by atoms with Crippen molar-refractivity contribution in [3.05, 3.63) is 94.8 Å². The van der Waals surface area contributed by atoms with Crippen LogP contribution in [0.25, 0.3) is 0 Å². The molecule has 2 aliphatic rings. The van der Waals surface area contributed by atoms with E-state index in [0.29, 0.717) is 24.3 Å². The molecule has 5 rings (SSSR count). The van der Waals surface area contributed by atoms with Crippen molar-refractivity contribution in [3.63, 3.8) is 0 Å². The zero-order chi connectivity index (χ0) is 23.5. The van der Waals surface area contributed by atoms with Crippen molar-refractivity contribution >= 4 is 23.3 Å². The molecule has 2 saturated heterocycles. The number of benzene rings is 2. The van der Waals surface area contributed by atoms with Crippen LogP contribution in [0, 0.1) is 16.7 Å². The zero-order valence-electron chi connectivity index (χ0n) is 18.8. The van der Waals surface area contributed by atoms with Gasteiger partial charge >= 0.3 is 6.03 Å². The number of carbonyl (C=O) groups excluding carboxylic acids is 1. The SMILES string of the molecule is N#Cc1cccc(NC(=O)N2CCC3(CC2)CN(Cc2ccccc2Cl)C3c2cccnc2)c1. The van der Waals surface area contributed by atoms with Crippen molar-refractivity contribution in [2.45, 2.75) is 25.4 Å². The lowest BCUT2D eigenvalue weighted by Gasteiger charge is -2.60. The number of amides is 2. The molecule has 6 nitrogen and oxygen atoms in total. The maximum atomic E-state index is 12.9. The van der Waals surface area contributed by atoms with E-state index in [4.69, 9.17) is 16.9 Å². The van der Waals surface area contributed by atoms with E-state index < -0.39 is 0 Å². The Morgan fingerprint density at radius 1 is 1.15 bits per heavy atom. The maximum Gasteiger partial charge on any atom is 0.321 e. The minimum atomic E-state index is -0.116. The first-order valence-corrected chi connectivity index (χ1v) is 11.9. The number of halogens is 1. The smallest absolute Gasteiger partial charge is 0.321 e. The van der Waals surface area contributed by atoms with Gasteiger partial charge in [0.1, 0.15) is 0 Å². The quantitative estimate of drug-likeness (QED) is 0.547. The number of rotatable bonds is 4. The Balaban J connectivity index is 1.28. The molecule has 2 amide bonds. The molecule has 3 heterocycles. The topological polar surface area (TPSA) is 72.3 Å². The number of anilines is 1. The summed E-state index contributed by atoms with van der Waals surface area (Å²) < 4.78 is 0. The number of nitrogens with zero attached hydrogens (tertiary/aromatic N) is 4. The van der Waals surface area contributed by atoms with E-state index in [1.165, 1.54) is 5.56 Å². The molecule has 2 fully saturated rings. The standard InChI is InChI=1S/C27H26ClN5O/c28-24-9-2-1-6-22(24)18-33-19-27(25(33)21-7-4-12-30-17-21)10-13-32(14-11-27)26(34)31-23-8-3-5-20(15-23)16-29/h1-9,12,15,17,25H,10-11,13-14,18-19H2,(H,31,34). The Hall–Kier alpha value is -3.40. The molecule has 2 aromatic carbocycles. The zero-order valence-corrected chi connectivity index (χ0v) is 19.6. The molecule has 3 aromatic rings. The van der Waals surface area contributed by atoms with Gasteiger partial charge in [-0.15, -0.1) is 0 Å². The second-order valence-electron chi connectivity index (χ2n) is 9.16. The van der Waals surface area contributed by atoms with Gasteiger partial charge in [-0.3, -0.25) is 9.88 Å². The van der Waals surface area contributed by atoms with Gasteiger partial charge in [-0.2, -0.15) is 5.26 Å². The van der Waals surface area contributed by atoms with Gasteiger partial charge in [0.15, 0.2) is 0 Å². The highest BCUT2D eigenvalue weighted by Gasteiger charge is 2.54. The van der Waals surface area contributed by atoms with Gasteiger partial charge < -0.3 is 10.2 Å². The Morgan fingerprint density at radius 3 is 2.71 bits per heavy atom. The number of carbonyl (C=O) groups is 1. The molecule has 1 atom stereocenters. The predicted molar refractivity (Wildman–Crippen MR) is 132 cm³/mol. The Morgan fingerprint density at radius 2 is 1.97 bits per heavy atom. The number of nitriles is 1. The van der Waals surface area contributed by atoms with Crippen LogP contribution in [-0.4, -0.2) is 40.4 Å². The molecule has 0 bridgehead atoms. The molecule has 1 N–H and O–H groups in total. The van der Waals surface area contributed by atoms with Crippen LogP contribution in [0.1, 0.15) is 35.6 Å². The number of aromatic nitrogens is 1. The van der Waals surface area contributed by atoms with Crippen LogP contribution in [0.2, 0.25) is 5.02 Å². The van der Waals surface area contributed by atoms with E-state index >= 15 is 0 Å². The molecule has 2 aliphatic heterocycles. The van der Waals surface area contributed by atoms with Crippen molar-refractivity contribution in [1.82, 2.24) is 14.8 Å². The molecule has 34 heavy (non-hydrogen) atoms. The lowest BCUT2D eigenvalue weighted by Crippen LogP contribution is -2.62. The summed E-state index contributed by atoms with van der Waals surface area (Å²) in [5.74, 6) is 0. The minimum Gasteiger partial charge on any atom is -0.324 e. The van der Waals surface area contributed by atoms with Crippen LogP contribution in [0.15, 0.2) is 73.1 Å². The Labute approximate surface area is 204 Å². The molecule has 7 heteroatoms. The third kappa shape index (κ3) is 4.37. The lowest BCUT2D eigenvalue weighted by molar-refractivity contribution is -0.112. The molecular formula is C27H26ClN5O. The molecule has 172 valence electrons. The number of hydrogen-bond donors (Lipinski definition) is 1. The van der Waals surface area contributed by atoms with E-state index in [0.717, 1.165) is 36.5 Å². The third-order valence-corrected chi connectivity index (χ3v) is 7.45. The van der Waals surface area contributed by atoms with Gasteiger partial charge in [0.25, 0.3) is 0 Å². The molecule has 1 aromatic heterocycles. The van der Waals surface area contributed by atoms with Gasteiger partial charge in [-0.25, -0.2) is 4.79 Å². The summed E-state index contributed by atoms with van der Waals surface area (Å²) in [7, 11) is 0. The van der Waals surface area contributed by atoms with Crippen LogP contribution in [0.5, 0.6) is 0 Å². The number of nitrogens with one attached hydrogen (secondary N) is 1. The fourth-order valence-corrected chi connectivity index (χ4v) is 5.60. The number of piperidine rings is 1. The van der Waals surface area contributed by atoms with Crippen LogP contribution in [0.4, 0.5) is 10.5 Å². The normalized spacial score (nSPS) is 19.3. The summed E-state index contributed by atoms with van der Waals surface area (Å²) in [6.45, 7) is 3.15. The summed E-state index contributed by atoms with van der Waals surface area (Å²) in [6.07, 6.45) is 5.63. The average molecular weight is 472 g/mol. The average Bonchev–Trinajstić information content (AvgIpc) is 2.86. The largest absolute Gasteiger partial charge is 0.324 e. The molecule has 0 aliphatic carbocycles. The number of urea groups is 1.